The molecule has 1 amide bonds. The number of sulfonamides is 1. The summed E-state index contributed by atoms with van der Waals surface area (Å²) in [6.45, 7) is 0.430. The first kappa shape index (κ1) is 18.9. The van der Waals surface area contributed by atoms with Crippen LogP contribution in [-0.2, 0) is 21.4 Å². The highest BCUT2D eigenvalue weighted by Crippen LogP contribution is 2.25. The average Bonchev–Trinajstić information content (AvgIpc) is 3.01. The number of nitrogens with one attached hydrogen (secondary N) is 2. The summed E-state index contributed by atoms with van der Waals surface area (Å²) in [5.41, 5.74) is 0.938. The molecule has 0 aliphatic heterocycles. The Morgan fingerprint density at radius 2 is 1.92 bits per heavy atom. The number of benzene rings is 1. The van der Waals surface area contributed by atoms with E-state index in [2.05, 4.69) is 26.0 Å². The van der Waals surface area contributed by atoms with Crippen molar-refractivity contribution in [3.05, 3.63) is 45.7 Å². The van der Waals surface area contributed by atoms with E-state index < -0.39 is 10.0 Å². The van der Waals surface area contributed by atoms with Crippen LogP contribution in [0.5, 0.6) is 5.75 Å². The Bertz CT molecular complexity index is 788. The summed E-state index contributed by atoms with van der Waals surface area (Å²) < 4.78 is 32.4. The van der Waals surface area contributed by atoms with Crippen molar-refractivity contribution >= 4 is 43.2 Å². The van der Waals surface area contributed by atoms with Crippen LogP contribution in [0, 0.1) is 0 Å². The van der Waals surface area contributed by atoms with Gasteiger partial charge in [-0.05, 0) is 45.8 Å². The van der Waals surface area contributed by atoms with Gasteiger partial charge in [0, 0.05) is 19.5 Å². The second-order valence-electron chi connectivity index (χ2n) is 4.83. The van der Waals surface area contributed by atoms with Crippen LogP contribution in [0.1, 0.15) is 12.0 Å². The first-order chi connectivity index (χ1) is 11.4. The zero-order valence-corrected chi connectivity index (χ0v) is 16.1. The first-order valence-electron chi connectivity index (χ1n) is 7.05. The van der Waals surface area contributed by atoms with E-state index in [0.717, 1.165) is 26.4 Å². The van der Waals surface area contributed by atoms with Crippen molar-refractivity contribution in [1.29, 1.82) is 0 Å². The molecule has 0 saturated heterocycles. The Morgan fingerprint density at radius 3 is 2.50 bits per heavy atom. The van der Waals surface area contributed by atoms with E-state index in [0.29, 0.717) is 6.54 Å². The second kappa shape index (κ2) is 8.61. The topological polar surface area (TPSA) is 84.5 Å². The average molecular weight is 433 g/mol. The van der Waals surface area contributed by atoms with Gasteiger partial charge >= 0.3 is 0 Å². The molecule has 1 aromatic heterocycles. The number of thiophene rings is 1. The molecule has 0 unspecified atom stereocenters. The van der Waals surface area contributed by atoms with Gasteiger partial charge in [0.1, 0.15) is 9.96 Å². The molecule has 2 rings (SSSR count). The Labute approximate surface area is 153 Å². The molecule has 9 heteroatoms. The van der Waals surface area contributed by atoms with Crippen LogP contribution in [0.4, 0.5) is 0 Å². The molecule has 0 aliphatic carbocycles. The quantitative estimate of drug-likeness (QED) is 0.670. The van der Waals surface area contributed by atoms with Crippen molar-refractivity contribution in [2.24, 2.45) is 0 Å². The minimum absolute atomic E-state index is 0.0479. The second-order valence-corrected chi connectivity index (χ2v) is 9.29. The van der Waals surface area contributed by atoms with E-state index in [1.165, 1.54) is 6.07 Å². The molecular formula is C15H17BrN2O4S2. The van der Waals surface area contributed by atoms with Crippen molar-refractivity contribution in [1.82, 2.24) is 10.0 Å². The first-order valence-corrected chi connectivity index (χ1v) is 10.1. The molecule has 2 N–H and O–H groups in total. The van der Waals surface area contributed by atoms with Gasteiger partial charge < -0.3 is 10.1 Å². The van der Waals surface area contributed by atoms with E-state index in [1.54, 1.807) is 13.2 Å². The van der Waals surface area contributed by atoms with Crippen LogP contribution in [0.2, 0.25) is 0 Å². The number of amides is 1. The summed E-state index contributed by atoms with van der Waals surface area (Å²) in [6.07, 6.45) is 0.0714. The van der Waals surface area contributed by atoms with E-state index in [-0.39, 0.29) is 23.1 Å². The molecule has 0 aliphatic rings. The summed E-state index contributed by atoms with van der Waals surface area (Å²) >= 11 is 4.34. The molecular weight excluding hydrogens is 416 g/mol. The van der Waals surface area contributed by atoms with Crippen molar-refractivity contribution < 1.29 is 17.9 Å². The highest BCUT2D eigenvalue weighted by molar-refractivity contribution is 9.11. The van der Waals surface area contributed by atoms with Gasteiger partial charge in [0.25, 0.3) is 0 Å². The molecule has 0 atom stereocenters. The highest BCUT2D eigenvalue weighted by atomic mass is 79.9. The number of carbonyl (C=O) groups excluding carboxylic acids is 1. The Morgan fingerprint density at radius 1 is 1.21 bits per heavy atom. The molecule has 24 heavy (non-hydrogen) atoms. The molecule has 0 fully saturated rings. The van der Waals surface area contributed by atoms with Gasteiger partial charge in [-0.2, -0.15) is 0 Å². The molecule has 6 nitrogen and oxygen atoms in total. The van der Waals surface area contributed by atoms with Gasteiger partial charge in [0.2, 0.25) is 15.9 Å². The van der Waals surface area contributed by atoms with Crippen LogP contribution >= 0.6 is 27.3 Å². The van der Waals surface area contributed by atoms with E-state index in [1.807, 2.05) is 24.3 Å². The lowest BCUT2D eigenvalue weighted by molar-refractivity contribution is -0.121. The fraction of sp³-hybridized carbons (Fsp3) is 0.267. The van der Waals surface area contributed by atoms with Crippen LogP contribution < -0.4 is 14.8 Å². The minimum atomic E-state index is -3.57. The molecule has 0 saturated carbocycles. The number of methoxy groups -OCH3 is 1. The third kappa shape index (κ3) is 5.59. The predicted molar refractivity (Wildman–Crippen MR) is 96.7 cm³/mol. The third-order valence-electron chi connectivity index (χ3n) is 3.11. The normalized spacial score (nSPS) is 11.2. The largest absolute Gasteiger partial charge is 0.497 e. The molecule has 0 bridgehead atoms. The van der Waals surface area contributed by atoms with Gasteiger partial charge in [-0.25, -0.2) is 13.1 Å². The maximum absolute atomic E-state index is 12.0. The van der Waals surface area contributed by atoms with Gasteiger partial charge in [-0.15, -0.1) is 11.3 Å². The lowest BCUT2D eigenvalue weighted by atomic mass is 10.2. The standard InChI is InChI=1S/C15H17BrN2O4S2/c1-22-12-4-2-11(3-5-12)10-17-14(19)8-9-18-24(20,21)15-7-6-13(16)23-15/h2-7,18H,8-10H2,1H3,(H,17,19). The molecule has 1 heterocycles. The summed E-state index contributed by atoms with van der Waals surface area (Å²) in [7, 11) is -1.98. The van der Waals surface area contributed by atoms with Crippen molar-refractivity contribution in [3.63, 3.8) is 0 Å². The van der Waals surface area contributed by atoms with Crippen molar-refractivity contribution in [2.75, 3.05) is 13.7 Å². The number of halogens is 1. The smallest absolute Gasteiger partial charge is 0.250 e. The zero-order chi connectivity index (χ0) is 17.6. The molecule has 0 spiro atoms. The minimum Gasteiger partial charge on any atom is -0.497 e. The lowest BCUT2D eigenvalue weighted by Crippen LogP contribution is -2.30. The maximum atomic E-state index is 12.0. The summed E-state index contributed by atoms with van der Waals surface area (Å²) in [4.78, 5) is 11.8. The zero-order valence-electron chi connectivity index (χ0n) is 12.9. The third-order valence-corrected chi connectivity index (χ3v) is 6.68. The van der Waals surface area contributed by atoms with E-state index >= 15 is 0 Å². The SMILES string of the molecule is COc1ccc(CNC(=O)CCNS(=O)(=O)c2ccc(Br)s2)cc1. The van der Waals surface area contributed by atoms with E-state index in [9.17, 15) is 13.2 Å². The monoisotopic (exact) mass is 432 g/mol. The fourth-order valence-electron chi connectivity index (χ4n) is 1.84. The number of ether oxygens (including phenoxy) is 1. The fourth-order valence-corrected chi connectivity index (χ4v) is 4.93. The van der Waals surface area contributed by atoms with Crippen molar-refractivity contribution in [2.45, 2.75) is 17.2 Å². The number of carbonyl (C=O) groups is 1. The van der Waals surface area contributed by atoms with Crippen LogP contribution in [0.25, 0.3) is 0 Å². The highest BCUT2D eigenvalue weighted by Gasteiger charge is 2.16. The van der Waals surface area contributed by atoms with Crippen LogP contribution in [-0.4, -0.2) is 28.0 Å². The maximum Gasteiger partial charge on any atom is 0.250 e. The van der Waals surface area contributed by atoms with Gasteiger partial charge in [-0.3, -0.25) is 4.79 Å². The Balaban J connectivity index is 1.74. The molecule has 1 aromatic carbocycles. The molecule has 0 radical (unpaired) electrons. The van der Waals surface area contributed by atoms with E-state index in [4.69, 9.17) is 4.74 Å². The molecule has 130 valence electrons. The Kier molecular flexibility index (Phi) is 6.79. The van der Waals surface area contributed by atoms with Gasteiger partial charge in [0.15, 0.2) is 0 Å². The summed E-state index contributed by atoms with van der Waals surface area (Å²) in [6, 6.07) is 10.5. The summed E-state index contributed by atoms with van der Waals surface area (Å²) in [5, 5.41) is 2.75. The van der Waals surface area contributed by atoms with Gasteiger partial charge in [0.05, 0.1) is 10.9 Å². The number of hydrogen-bond acceptors (Lipinski definition) is 5. The number of rotatable bonds is 8. The Hall–Kier alpha value is -1.42. The van der Waals surface area contributed by atoms with Gasteiger partial charge in [-0.1, -0.05) is 12.1 Å². The van der Waals surface area contributed by atoms with Crippen LogP contribution in [0.3, 0.4) is 0 Å². The summed E-state index contributed by atoms with van der Waals surface area (Å²) in [5.74, 6) is 0.528. The predicted octanol–water partition coefficient (Wildman–Crippen LogP) is 2.50. The lowest BCUT2D eigenvalue weighted by Gasteiger charge is -2.07. The van der Waals surface area contributed by atoms with Crippen LogP contribution in [0.15, 0.2) is 44.4 Å². The number of hydrogen-bond donors (Lipinski definition) is 2. The molecule has 2 aromatic rings. The van der Waals surface area contributed by atoms with Crippen molar-refractivity contribution in [3.8, 4) is 5.75 Å².